The molecule has 0 aromatic heterocycles. The lowest BCUT2D eigenvalue weighted by Crippen LogP contribution is -2.50. The highest BCUT2D eigenvalue weighted by atomic mass is 14.8. The lowest BCUT2D eigenvalue weighted by atomic mass is 9.56. The summed E-state index contributed by atoms with van der Waals surface area (Å²) in [7, 11) is 0. The van der Waals surface area contributed by atoms with Gasteiger partial charge in [-0.05, 0) is 73.1 Å². The van der Waals surface area contributed by atoms with Crippen molar-refractivity contribution < 1.29 is 0 Å². The Morgan fingerprint density at radius 1 is 0.750 bits per heavy atom. The molecule has 1 aromatic rings. The predicted molar refractivity (Wildman–Crippen MR) is 87.9 cm³/mol. The maximum atomic E-state index is 6.95. The third kappa shape index (κ3) is 2.93. The largest absolute Gasteiger partial charge is 0.321 e. The Morgan fingerprint density at radius 3 is 1.70 bits per heavy atom. The molecule has 1 heteroatoms. The minimum Gasteiger partial charge on any atom is -0.321 e. The topological polar surface area (TPSA) is 26.0 Å². The molecule has 1 aromatic carbocycles. The normalized spacial score (nSPS) is 23.6. The summed E-state index contributed by atoms with van der Waals surface area (Å²) in [6, 6.07) is 4.63. The number of hydrogen-bond acceptors (Lipinski definition) is 1. The molecule has 0 radical (unpaired) electrons. The Kier molecular flexibility index (Phi) is 3.57. The smallest absolute Gasteiger partial charge is 0.0422 e. The van der Waals surface area contributed by atoms with E-state index in [0.717, 1.165) is 12.8 Å². The van der Waals surface area contributed by atoms with E-state index in [-0.39, 0.29) is 5.54 Å². The molecule has 1 saturated carbocycles. The molecule has 0 saturated heterocycles. The number of nitrogens with two attached hydrogens (primary N) is 1. The number of hydrogen-bond donors (Lipinski definition) is 1. The van der Waals surface area contributed by atoms with Gasteiger partial charge in [-0.2, -0.15) is 0 Å². The number of benzene rings is 1. The van der Waals surface area contributed by atoms with E-state index >= 15 is 0 Å². The summed E-state index contributed by atoms with van der Waals surface area (Å²) in [5.41, 5.74) is 12.8. The molecule has 0 amide bonds. The van der Waals surface area contributed by atoms with Gasteiger partial charge in [0.05, 0.1) is 0 Å². The quantitative estimate of drug-likeness (QED) is 0.765. The van der Waals surface area contributed by atoms with Gasteiger partial charge in [0.25, 0.3) is 0 Å². The molecular formula is C19H31N. The van der Waals surface area contributed by atoms with Gasteiger partial charge in [0.15, 0.2) is 0 Å². The molecule has 2 N–H and O–H groups in total. The fourth-order valence-electron chi connectivity index (χ4n) is 4.88. The van der Waals surface area contributed by atoms with E-state index in [1.54, 1.807) is 0 Å². The Labute approximate surface area is 125 Å². The van der Waals surface area contributed by atoms with Crippen molar-refractivity contribution in [2.24, 2.45) is 16.6 Å². The van der Waals surface area contributed by atoms with Crippen LogP contribution in [0.1, 0.15) is 69.2 Å². The molecule has 0 bridgehead atoms. The van der Waals surface area contributed by atoms with Gasteiger partial charge in [-0.25, -0.2) is 0 Å². The lowest BCUT2D eigenvalue weighted by molar-refractivity contribution is 0.0467. The molecule has 1 fully saturated rings. The second-order valence-electron chi connectivity index (χ2n) is 8.77. The van der Waals surface area contributed by atoms with Gasteiger partial charge < -0.3 is 5.73 Å². The summed E-state index contributed by atoms with van der Waals surface area (Å²) >= 11 is 0. The van der Waals surface area contributed by atoms with E-state index in [0.29, 0.717) is 10.8 Å². The zero-order chi connectivity index (χ0) is 15.3. The highest BCUT2D eigenvalue weighted by molar-refractivity contribution is 5.41. The Bertz CT molecular complexity index is 507. The molecule has 1 nitrogen and oxygen atoms in total. The van der Waals surface area contributed by atoms with E-state index in [9.17, 15) is 0 Å². The van der Waals surface area contributed by atoms with Crippen LogP contribution in [0, 0.1) is 31.6 Å². The molecule has 112 valence electrons. The van der Waals surface area contributed by atoms with Gasteiger partial charge in [0, 0.05) is 5.54 Å². The number of rotatable bonds is 1. The molecule has 20 heavy (non-hydrogen) atoms. The molecule has 0 aliphatic heterocycles. The van der Waals surface area contributed by atoms with E-state index < -0.39 is 0 Å². The monoisotopic (exact) mass is 273 g/mol. The first-order valence-electron chi connectivity index (χ1n) is 7.81. The fraction of sp³-hybridized carbons (Fsp3) is 0.684. The van der Waals surface area contributed by atoms with Crippen LogP contribution in [-0.4, -0.2) is 0 Å². The Morgan fingerprint density at radius 2 is 1.20 bits per heavy atom. The third-order valence-electron chi connectivity index (χ3n) is 4.92. The highest BCUT2D eigenvalue weighted by Gasteiger charge is 2.46. The van der Waals surface area contributed by atoms with Crippen molar-refractivity contribution in [3.63, 3.8) is 0 Å². The van der Waals surface area contributed by atoms with E-state index in [1.165, 1.54) is 28.7 Å². The van der Waals surface area contributed by atoms with E-state index in [2.05, 4.69) is 60.6 Å². The molecule has 0 atom stereocenters. The van der Waals surface area contributed by atoms with Crippen LogP contribution in [0.4, 0.5) is 0 Å². The standard InChI is InChI=1S/C19H31N/c1-13-8-15(3)16(9-14(13)2)19(20)11-17(4,5)10-18(6,7)12-19/h8-9H,10-12,20H2,1-7H3. The van der Waals surface area contributed by atoms with Crippen molar-refractivity contribution in [3.05, 3.63) is 34.4 Å². The number of aryl methyl sites for hydroxylation is 3. The maximum Gasteiger partial charge on any atom is 0.0422 e. The van der Waals surface area contributed by atoms with Gasteiger partial charge in [0.2, 0.25) is 0 Å². The van der Waals surface area contributed by atoms with Crippen LogP contribution < -0.4 is 5.73 Å². The molecule has 1 aliphatic rings. The van der Waals surface area contributed by atoms with Crippen LogP contribution in [0.3, 0.4) is 0 Å². The summed E-state index contributed by atoms with van der Waals surface area (Å²) in [6.07, 6.45) is 3.41. The van der Waals surface area contributed by atoms with Gasteiger partial charge in [-0.1, -0.05) is 39.8 Å². The van der Waals surface area contributed by atoms with Crippen molar-refractivity contribution in [1.82, 2.24) is 0 Å². The van der Waals surface area contributed by atoms with E-state index in [1.807, 2.05) is 0 Å². The van der Waals surface area contributed by atoms with Crippen LogP contribution >= 0.6 is 0 Å². The summed E-state index contributed by atoms with van der Waals surface area (Å²) < 4.78 is 0. The first-order chi connectivity index (χ1) is 8.94. The van der Waals surface area contributed by atoms with Gasteiger partial charge in [-0.3, -0.25) is 0 Å². The summed E-state index contributed by atoms with van der Waals surface area (Å²) in [4.78, 5) is 0. The van der Waals surface area contributed by atoms with E-state index in [4.69, 9.17) is 5.73 Å². The van der Waals surface area contributed by atoms with Gasteiger partial charge in [-0.15, -0.1) is 0 Å². The maximum absolute atomic E-state index is 6.95. The van der Waals surface area contributed by atoms with Crippen molar-refractivity contribution in [3.8, 4) is 0 Å². The fourth-order valence-corrected chi connectivity index (χ4v) is 4.88. The minimum atomic E-state index is -0.187. The predicted octanol–water partition coefficient (Wildman–Crippen LogP) is 5.00. The molecule has 0 spiro atoms. The first-order valence-corrected chi connectivity index (χ1v) is 7.81. The van der Waals surface area contributed by atoms with Gasteiger partial charge >= 0.3 is 0 Å². The van der Waals surface area contributed by atoms with Crippen LogP contribution in [0.15, 0.2) is 12.1 Å². The average Bonchev–Trinajstić information content (AvgIpc) is 2.17. The van der Waals surface area contributed by atoms with Crippen molar-refractivity contribution in [2.45, 2.75) is 73.3 Å². The van der Waals surface area contributed by atoms with Crippen LogP contribution in [-0.2, 0) is 5.54 Å². The molecule has 0 unspecified atom stereocenters. The second kappa shape index (κ2) is 4.59. The Hall–Kier alpha value is -0.820. The molecule has 2 rings (SSSR count). The van der Waals surface area contributed by atoms with Crippen LogP contribution in [0.2, 0.25) is 0 Å². The average molecular weight is 273 g/mol. The zero-order valence-electron chi connectivity index (χ0n) is 14.4. The van der Waals surface area contributed by atoms with Crippen LogP contribution in [0.5, 0.6) is 0 Å². The highest BCUT2D eigenvalue weighted by Crippen LogP contribution is 2.53. The minimum absolute atomic E-state index is 0.187. The molecule has 1 aliphatic carbocycles. The zero-order valence-corrected chi connectivity index (χ0v) is 14.4. The summed E-state index contributed by atoms with van der Waals surface area (Å²) in [5.74, 6) is 0. The van der Waals surface area contributed by atoms with Crippen LogP contribution in [0.25, 0.3) is 0 Å². The van der Waals surface area contributed by atoms with Crippen molar-refractivity contribution in [2.75, 3.05) is 0 Å². The van der Waals surface area contributed by atoms with Crippen molar-refractivity contribution in [1.29, 1.82) is 0 Å². The van der Waals surface area contributed by atoms with Gasteiger partial charge in [0.1, 0.15) is 0 Å². The second-order valence-corrected chi connectivity index (χ2v) is 8.77. The Balaban J connectivity index is 2.52. The SMILES string of the molecule is Cc1cc(C)c(C2(N)CC(C)(C)CC(C)(C)C2)cc1C. The molecular weight excluding hydrogens is 242 g/mol. The summed E-state index contributed by atoms with van der Waals surface area (Å²) in [6.45, 7) is 16.1. The van der Waals surface area contributed by atoms with Crippen molar-refractivity contribution >= 4 is 0 Å². The first kappa shape index (κ1) is 15.6. The third-order valence-corrected chi connectivity index (χ3v) is 4.92. The lowest BCUT2D eigenvalue weighted by Gasteiger charge is -2.51. The summed E-state index contributed by atoms with van der Waals surface area (Å²) in [5, 5.41) is 0. The molecule has 0 heterocycles.